The summed E-state index contributed by atoms with van der Waals surface area (Å²) in [5, 5.41) is 2.53. The van der Waals surface area contributed by atoms with Gasteiger partial charge in [-0.25, -0.2) is 4.98 Å². The standard InChI is InChI=1S/C14H21BN2S2/c1-5-6-13-16-8-12(19-13)15-10(4)14-17-7-11(18-14)9(2)3/h7-10,15H,5-6H2,1-4H3. The molecule has 0 amide bonds. The summed E-state index contributed by atoms with van der Waals surface area (Å²) in [6.07, 6.45) is 6.36. The van der Waals surface area contributed by atoms with Gasteiger partial charge in [-0.1, -0.05) is 27.7 Å². The van der Waals surface area contributed by atoms with Gasteiger partial charge in [-0.15, -0.1) is 22.7 Å². The monoisotopic (exact) mass is 292 g/mol. The summed E-state index contributed by atoms with van der Waals surface area (Å²) in [6, 6.07) is 0. The maximum atomic E-state index is 4.58. The molecule has 2 heterocycles. The molecule has 2 aromatic heterocycles. The Morgan fingerprint density at radius 3 is 2.58 bits per heavy atom. The number of nitrogens with zero attached hydrogens (tertiary/aromatic N) is 2. The maximum absolute atomic E-state index is 4.58. The zero-order valence-corrected chi connectivity index (χ0v) is 13.8. The van der Waals surface area contributed by atoms with Crippen molar-refractivity contribution in [3.63, 3.8) is 0 Å². The van der Waals surface area contributed by atoms with E-state index in [9.17, 15) is 0 Å². The molecule has 0 bridgehead atoms. The molecule has 0 aliphatic heterocycles. The second-order valence-corrected chi connectivity index (χ2v) is 7.62. The Bertz CT molecular complexity index is 519. The first-order valence-corrected chi connectivity index (χ1v) is 8.62. The van der Waals surface area contributed by atoms with Crippen LogP contribution in [0.2, 0.25) is 0 Å². The highest BCUT2D eigenvalue weighted by Crippen LogP contribution is 2.26. The molecule has 0 radical (unpaired) electrons. The Balaban J connectivity index is 2.00. The average molecular weight is 292 g/mol. The second-order valence-electron chi connectivity index (χ2n) is 5.33. The van der Waals surface area contributed by atoms with Crippen LogP contribution in [-0.4, -0.2) is 17.2 Å². The number of aromatic nitrogens is 2. The lowest BCUT2D eigenvalue weighted by molar-refractivity contribution is 0.885. The fraction of sp³-hybridized carbons (Fsp3) is 0.571. The van der Waals surface area contributed by atoms with E-state index >= 15 is 0 Å². The predicted octanol–water partition coefficient (Wildman–Crippen LogP) is 3.50. The minimum Gasteiger partial charge on any atom is -0.250 e. The summed E-state index contributed by atoms with van der Waals surface area (Å²) in [6.45, 7) is 8.92. The molecule has 0 saturated carbocycles. The molecule has 1 atom stereocenters. The van der Waals surface area contributed by atoms with Gasteiger partial charge in [0.25, 0.3) is 0 Å². The van der Waals surface area contributed by atoms with E-state index in [1.54, 1.807) is 0 Å². The summed E-state index contributed by atoms with van der Waals surface area (Å²) < 4.78 is 1.39. The third kappa shape index (κ3) is 3.89. The third-order valence-corrected chi connectivity index (χ3v) is 5.71. The van der Waals surface area contributed by atoms with Crippen LogP contribution in [0.15, 0.2) is 12.4 Å². The van der Waals surface area contributed by atoms with Crippen molar-refractivity contribution in [3.8, 4) is 0 Å². The normalized spacial score (nSPS) is 12.9. The first-order chi connectivity index (χ1) is 9.10. The van der Waals surface area contributed by atoms with Crippen LogP contribution in [-0.2, 0) is 6.42 Å². The van der Waals surface area contributed by atoms with Crippen molar-refractivity contribution in [2.24, 2.45) is 0 Å². The topological polar surface area (TPSA) is 25.8 Å². The molecule has 102 valence electrons. The molecule has 0 fully saturated rings. The zero-order valence-electron chi connectivity index (χ0n) is 12.1. The van der Waals surface area contributed by atoms with Crippen LogP contribution >= 0.6 is 22.7 Å². The fourth-order valence-corrected chi connectivity index (χ4v) is 4.08. The molecule has 19 heavy (non-hydrogen) atoms. The van der Waals surface area contributed by atoms with E-state index in [0.717, 1.165) is 13.7 Å². The number of hydrogen-bond donors (Lipinski definition) is 0. The van der Waals surface area contributed by atoms with Crippen molar-refractivity contribution in [1.82, 2.24) is 9.97 Å². The number of aryl methyl sites for hydroxylation is 1. The summed E-state index contributed by atoms with van der Waals surface area (Å²) in [5.41, 5.74) is 0. The summed E-state index contributed by atoms with van der Waals surface area (Å²) in [4.78, 5) is 10.5. The smallest absolute Gasteiger partial charge is 0.183 e. The van der Waals surface area contributed by atoms with E-state index < -0.39 is 0 Å². The molecule has 5 heteroatoms. The second kappa shape index (κ2) is 6.66. The van der Waals surface area contributed by atoms with Crippen LogP contribution in [0, 0.1) is 0 Å². The molecule has 0 spiro atoms. The summed E-state index contributed by atoms with van der Waals surface area (Å²) in [5.74, 6) is 1.07. The van der Waals surface area contributed by atoms with Crippen LogP contribution in [0.25, 0.3) is 0 Å². The summed E-state index contributed by atoms with van der Waals surface area (Å²) in [7, 11) is 1.06. The highest BCUT2D eigenvalue weighted by molar-refractivity contribution is 7.21. The largest absolute Gasteiger partial charge is 0.250 e. The zero-order chi connectivity index (χ0) is 13.8. The molecule has 0 N–H and O–H groups in total. The first-order valence-electron chi connectivity index (χ1n) is 6.99. The number of hydrogen-bond acceptors (Lipinski definition) is 4. The van der Waals surface area contributed by atoms with E-state index in [0.29, 0.717) is 11.7 Å². The van der Waals surface area contributed by atoms with Crippen molar-refractivity contribution in [2.45, 2.75) is 52.3 Å². The fourth-order valence-electron chi connectivity index (χ4n) is 1.96. The summed E-state index contributed by atoms with van der Waals surface area (Å²) >= 11 is 3.72. The average Bonchev–Trinajstić information content (AvgIpc) is 2.98. The van der Waals surface area contributed by atoms with Crippen molar-refractivity contribution in [2.75, 3.05) is 0 Å². The van der Waals surface area contributed by atoms with Crippen LogP contribution in [0.5, 0.6) is 0 Å². The van der Waals surface area contributed by atoms with Crippen molar-refractivity contribution in [3.05, 3.63) is 27.3 Å². The number of thiazole rings is 2. The molecule has 0 aliphatic carbocycles. The van der Waals surface area contributed by atoms with Crippen LogP contribution in [0.4, 0.5) is 0 Å². The lowest BCUT2D eigenvalue weighted by Gasteiger charge is -2.04. The Kier molecular flexibility index (Phi) is 5.16. The lowest BCUT2D eigenvalue weighted by atomic mass is 9.65. The van der Waals surface area contributed by atoms with Gasteiger partial charge in [-0.2, -0.15) is 0 Å². The van der Waals surface area contributed by atoms with Gasteiger partial charge in [-0.3, -0.25) is 4.98 Å². The lowest BCUT2D eigenvalue weighted by Crippen LogP contribution is -2.16. The minimum atomic E-state index is 0.493. The quantitative estimate of drug-likeness (QED) is 0.762. The Morgan fingerprint density at radius 1 is 1.16 bits per heavy atom. The van der Waals surface area contributed by atoms with Gasteiger partial charge >= 0.3 is 0 Å². The van der Waals surface area contributed by atoms with E-state index in [1.165, 1.54) is 26.1 Å². The molecule has 0 saturated heterocycles. The van der Waals surface area contributed by atoms with E-state index in [4.69, 9.17) is 0 Å². The Labute approximate surface area is 124 Å². The minimum absolute atomic E-state index is 0.493. The van der Waals surface area contributed by atoms with Crippen LogP contribution in [0.1, 0.15) is 60.7 Å². The molecule has 2 nitrogen and oxygen atoms in total. The van der Waals surface area contributed by atoms with Crippen molar-refractivity contribution in [1.29, 1.82) is 0 Å². The van der Waals surface area contributed by atoms with E-state index in [1.807, 2.05) is 35.1 Å². The third-order valence-electron chi connectivity index (χ3n) is 3.10. The van der Waals surface area contributed by atoms with Crippen LogP contribution in [0.3, 0.4) is 0 Å². The maximum Gasteiger partial charge on any atom is 0.183 e. The SMILES string of the molecule is CCCc1ncc(BC(C)c2ncc(C(C)C)s2)s1. The Morgan fingerprint density at radius 2 is 1.95 bits per heavy atom. The van der Waals surface area contributed by atoms with E-state index in [-0.39, 0.29) is 0 Å². The highest BCUT2D eigenvalue weighted by Gasteiger charge is 2.15. The molecule has 2 aromatic rings. The van der Waals surface area contributed by atoms with Gasteiger partial charge in [0.15, 0.2) is 7.28 Å². The predicted molar refractivity (Wildman–Crippen MR) is 87.5 cm³/mol. The molecule has 0 aliphatic rings. The highest BCUT2D eigenvalue weighted by atomic mass is 32.1. The molecule has 0 aromatic carbocycles. The van der Waals surface area contributed by atoms with Gasteiger partial charge < -0.3 is 0 Å². The number of rotatable bonds is 6. The van der Waals surface area contributed by atoms with Crippen LogP contribution < -0.4 is 4.78 Å². The van der Waals surface area contributed by atoms with E-state index in [2.05, 4.69) is 37.7 Å². The Hall–Kier alpha value is -0.675. The van der Waals surface area contributed by atoms with Crippen molar-refractivity contribution < 1.29 is 0 Å². The van der Waals surface area contributed by atoms with Gasteiger partial charge in [-0.05, 0) is 29.4 Å². The van der Waals surface area contributed by atoms with Gasteiger partial charge in [0.2, 0.25) is 0 Å². The van der Waals surface area contributed by atoms with Gasteiger partial charge in [0.1, 0.15) is 0 Å². The van der Waals surface area contributed by atoms with Gasteiger partial charge in [0, 0.05) is 17.3 Å². The molecular formula is C14H21BN2S2. The molecule has 1 unspecified atom stereocenters. The molecule has 2 rings (SSSR count). The van der Waals surface area contributed by atoms with Crippen molar-refractivity contribution >= 4 is 34.7 Å². The van der Waals surface area contributed by atoms with Gasteiger partial charge in [0.05, 0.1) is 10.0 Å². The first kappa shape index (κ1) is 14.7. The molecular weight excluding hydrogens is 271 g/mol.